The zero-order chi connectivity index (χ0) is 20.8. The van der Waals surface area contributed by atoms with Crippen molar-refractivity contribution in [2.75, 3.05) is 0 Å². The van der Waals surface area contributed by atoms with Crippen LogP contribution in [0.4, 0.5) is 0 Å². The Balaban J connectivity index is -0.000000126. The van der Waals surface area contributed by atoms with Gasteiger partial charge in [0.2, 0.25) is 31.0 Å². The summed E-state index contributed by atoms with van der Waals surface area (Å²) in [6.07, 6.45) is 0. The zero-order valence-corrected chi connectivity index (χ0v) is 35.6. The van der Waals surface area contributed by atoms with Crippen LogP contribution in [0.2, 0.25) is 96.5 Å². The molecule has 0 aliphatic carbocycles. The number of rotatable bonds is 4. The summed E-state index contributed by atoms with van der Waals surface area (Å²) in [5.41, 5.74) is 0. The Hall–Kier alpha value is 3.57. The monoisotopic (exact) mass is 828 g/mol. The van der Waals surface area contributed by atoms with Gasteiger partial charge in [0.15, 0.2) is 0 Å². The van der Waals surface area contributed by atoms with Crippen LogP contribution in [0.25, 0.3) is 0 Å². The first kappa shape index (κ1) is 35.0. The summed E-state index contributed by atoms with van der Waals surface area (Å²) in [4.78, 5) is 0. The van der Waals surface area contributed by atoms with Crippen LogP contribution in [0.5, 0.6) is 0 Å². The molecule has 0 fully saturated rings. The van der Waals surface area contributed by atoms with Crippen molar-refractivity contribution < 1.29 is 0 Å². The molecular weight excluding hydrogens is 775 g/mol. The van der Waals surface area contributed by atoms with Gasteiger partial charge in [0.05, 0.1) is 0 Å². The summed E-state index contributed by atoms with van der Waals surface area (Å²) in [6.45, 7) is 30.0. The minimum atomic E-state index is -0.648. The molecule has 0 aliphatic heterocycles. The van der Waals surface area contributed by atoms with Gasteiger partial charge in [-0.25, -0.2) is 0 Å². The van der Waals surface area contributed by atoms with Crippen molar-refractivity contribution in [3.63, 3.8) is 0 Å². The summed E-state index contributed by atoms with van der Waals surface area (Å²) < 4.78 is 9.33. The molecule has 0 heterocycles. The van der Waals surface area contributed by atoms with Crippen LogP contribution in [-0.4, -0.2) is 79.4 Å². The molecule has 0 radical (unpaired) electrons. The summed E-state index contributed by atoms with van der Waals surface area (Å²) in [6, 6.07) is 0. The molecule has 24 heavy (non-hydrogen) atoms. The van der Waals surface area contributed by atoms with Gasteiger partial charge in [-0.1, -0.05) is 15.4 Å². The van der Waals surface area contributed by atoms with Crippen molar-refractivity contribution in [1.82, 2.24) is 0 Å². The predicted octanol–water partition coefficient (Wildman–Crippen LogP) is 7.71. The quantitative estimate of drug-likeness (QED) is 0.202. The first-order valence-electron chi connectivity index (χ1n) is 9.46. The van der Waals surface area contributed by atoms with Gasteiger partial charge in [-0.15, -0.1) is 0 Å². The van der Waals surface area contributed by atoms with Crippen LogP contribution in [0, 0.1) is 0 Å². The first-order valence-corrected chi connectivity index (χ1v) is 48.7. The Bertz CT molecular complexity index is 213. The van der Waals surface area contributed by atoms with Crippen LogP contribution in [0.15, 0.2) is 0 Å². The second-order valence-corrected chi connectivity index (χ2v) is 67.1. The topological polar surface area (TPSA) is 0 Å². The van der Waals surface area contributed by atoms with Crippen molar-refractivity contribution in [2.45, 2.75) is 96.5 Å². The molecular formula is C16H52P2Si4Tl2+2. The van der Waals surface area contributed by atoms with E-state index in [0.29, 0.717) is 0 Å². The molecule has 8 heteroatoms. The Morgan fingerprint density at radius 2 is 0.458 bits per heavy atom. The van der Waals surface area contributed by atoms with E-state index in [1.54, 1.807) is 0 Å². The maximum atomic E-state index is 2.50. The van der Waals surface area contributed by atoms with E-state index in [0.717, 1.165) is 15.4 Å². The van der Waals surface area contributed by atoms with E-state index in [-0.39, 0.29) is 48.5 Å². The van der Waals surface area contributed by atoms with Crippen molar-refractivity contribution >= 4 is 94.8 Å². The molecule has 0 bridgehead atoms. The second-order valence-electron chi connectivity index (χ2n) is 10.9. The zero-order valence-electron chi connectivity index (χ0n) is 20.3. The number of hydrogen-bond acceptors (Lipinski definition) is 0. The van der Waals surface area contributed by atoms with Gasteiger partial charge >= 0.3 is 66.4 Å². The summed E-state index contributed by atoms with van der Waals surface area (Å²) in [5.74, 6) is 0. The summed E-state index contributed by atoms with van der Waals surface area (Å²) in [7, 11) is -0.896. The molecule has 0 N–H and O–H groups in total. The molecule has 0 aromatic carbocycles. The fraction of sp³-hybridized carbons (Fsp3) is 1.00. The van der Waals surface area contributed by atoms with Gasteiger partial charge in [-0.05, 0) is 78.6 Å². The van der Waals surface area contributed by atoms with Gasteiger partial charge < -0.3 is 0 Å². The van der Waals surface area contributed by atoms with E-state index in [4.69, 9.17) is 0 Å². The first-order chi connectivity index (χ1) is 10.2. The third-order valence-electron chi connectivity index (χ3n) is 1.73. The van der Waals surface area contributed by atoms with Crippen molar-refractivity contribution in [1.29, 1.82) is 0 Å². The van der Waals surface area contributed by atoms with Crippen LogP contribution in [0.1, 0.15) is 0 Å². The van der Waals surface area contributed by atoms with E-state index < -0.39 is 31.0 Å². The standard InChI is InChI=1S/2C6H20PSi2.4CH3.2Tl/c2*1-8(2,3)7-9(4,5)6;;;;;;/h2*7H2,1-6H3;4*1H3;;/q2*+1;;;;;;. The molecule has 0 aromatic heterocycles. The maximum absolute atomic E-state index is 2.50. The van der Waals surface area contributed by atoms with E-state index in [1.807, 2.05) is 0 Å². The fourth-order valence-electron chi connectivity index (χ4n) is 2.60. The molecule has 0 rings (SSSR count). The average Bonchev–Trinajstić information content (AvgIpc) is 2.06. The van der Waals surface area contributed by atoms with Gasteiger partial charge in [0.25, 0.3) is 0 Å². The van der Waals surface area contributed by atoms with E-state index in [9.17, 15) is 0 Å². The molecule has 0 saturated carbocycles. The van der Waals surface area contributed by atoms with Crippen LogP contribution < -0.4 is 0 Å². The Kier molecular flexibility index (Phi) is 25.4. The van der Waals surface area contributed by atoms with Crippen LogP contribution in [0.3, 0.4) is 0 Å². The summed E-state index contributed by atoms with van der Waals surface area (Å²) >= 11 is -0.000000000000000222. The fourth-order valence-corrected chi connectivity index (χ4v) is 70.1. The van der Waals surface area contributed by atoms with Gasteiger partial charge in [0.1, 0.15) is 0 Å². The van der Waals surface area contributed by atoms with Crippen LogP contribution in [-0.2, 0) is 0 Å². The Morgan fingerprint density at radius 3 is 0.458 bits per heavy atom. The minimum absolute atomic E-state index is 0.000000000000000111. The molecule has 0 nitrogen and oxygen atoms in total. The second kappa shape index (κ2) is 17.4. The van der Waals surface area contributed by atoms with E-state index in [2.05, 4.69) is 96.5 Å². The van der Waals surface area contributed by atoms with Gasteiger partial charge in [0, 0.05) is 0 Å². The molecule has 146 valence electrons. The van der Waals surface area contributed by atoms with Crippen LogP contribution >= 0.6 is 15.4 Å². The molecule has 0 saturated heterocycles. The van der Waals surface area contributed by atoms with Gasteiger partial charge in [-0.2, -0.15) is 0 Å². The van der Waals surface area contributed by atoms with E-state index in [1.165, 1.54) is 0 Å². The molecule has 0 atom stereocenters. The normalized spacial score (nSPS) is 11.3. The predicted molar refractivity (Wildman–Crippen MR) is 148 cm³/mol. The SMILES string of the molecule is C[Si](C)(C)[PH2+][Si](C)(C)C.C[Si](C)(C)[PH2+][Si](C)(C)C.[CH3][Tl][CH3].[CH3][Tl][CH3]. The van der Waals surface area contributed by atoms with Gasteiger partial charge in [-0.3, -0.25) is 0 Å². The third kappa shape index (κ3) is 63.7. The third-order valence-corrected chi connectivity index (χ3v) is 46.8. The average molecular weight is 828 g/mol. The molecule has 0 amide bonds. The van der Waals surface area contributed by atoms with Crippen molar-refractivity contribution in [3.8, 4) is 0 Å². The van der Waals surface area contributed by atoms with Crippen molar-refractivity contribution in [2.24, 2.45) is 0 Å². The Labute approximate surface area is 189 Å². The molecule has 0 aromatic rings. The summed E-state index contributed by atoms with van der Waals surface area (Å²) in [5, 5.41) is 0. The van der Waals surface area contributed by atoms with E-state index >= 15 is 0 Å². The molecule has 0 spiro atoms. The Morgan fingerprint density at radius 1 is 0.375 bits per heavy atom. The molecule has 0 aliphatic rings. The van der Waals surface area contributed by atoms with Crippen molar-refractivity contribution in [3.05, 3.63) is 0 Å². The number of hydrogen-bond donors (Lipinski definition) is 0. The molecule has 0 unspecified atom stereocenters.